The summed E-state index contributed by atoms with van der Waals surface area (Å²) in [5, 5.41) is 0.510. The van der Waals surface area contributed by atoms with Gasteiger partial charge in [0.15, 0.2) is 0 Å². The average Bonchev–Trinajstić information content (AvgIpc) is 2.74. The van der Waals surface area contributed by atoms with Crippen molar-refractivity contribution in [3.05, 3.63) is 0 Å². The van der Waals surface area contributed by atoms with E-state index < -0.39 is 13.0 Å². The molecule has 17 heavy (non-hydrogen) atoms. The molecule has 2 atom stereocenters. The fraction of sp³-hybridized carbons (Fsp3) is 0.909. The van der Waals surface area contributed by atoms with Crippen molar-refractivity contribution in [1.29, 1.82) is 0 Å². The molecule has 0 radical (unpaired) electrons. The summed E-state index contributed by atoms with van der Waals surface area (Å²) < 4.78 is 30.2. The Kier molecular flexibility index (Phi) is 6.33. The molecule has 1 amide bonds. The lowest BCUT2D eigenvalue weighted by molar-refractivity contribution is -0.139. The maximum Gasteiger partial charge on any atom is 0.255 e. The molecule has 100 valence electrons. The fourth-order valence-electron chi connectivity index (χ4n) is 2.13. The third-order valence-electron chi connectivity index (χ3n) is 2.95. The van der Waals surface area contributed by atoms with Gasteiger partial charge in [-0.05, 0) is 12.8 Å². The minimum absolute atomic E-state index is 0.113. The van der Waals surface area contributed by atoms with E-state index >= 15 is 0 Å². The van der Waals surface area contributed by atoms with Crippen LogP contribution in [0.1, 0.15) is 19.8 Å². The highest BCUT2D eigenvalue weighted by Crippen LogP contribution is 2.25. The first kappa shape index (κ1) is 14.8. The quantitative estimate of drug-likeness (QED) is 0.704. The Balaban J connectivity index is 2.62. The third kappa shape index (κ3) is 4.17. The lowest BCUT2D eigenvalue weighted by Gasteiger charge is -2.26. The summed E-state index contributed by atoms with van der Waals surface area (Å²) in [5.41, 5.74) is 0. The Morgan fingerprint density at radius 1 is 1.59 bits per heavy atom. The molecule has 0 aliphatic carbocycles. The largest absolute Gasteiger partial charge is 0.377 e. The summed E-state index contributed by atoms with van der Waals surface area (Å²) >= 11 is 3.18. The van der Waals surface area contributed by atoms with Crippen LogP contribution in [-0.4, -0.2) is 48.4 Å². The van der Waals surface area contributed by atoms with Crippen LogP contribution in [0.2, 0.25) is 0 Å². The number of alkyl halides is 3. The van der Waals surface area contributed by atoms with E-state index in [4.69, 9.17) is 4.74 Å². The number of amides is 1. The number of nitrogens with zero attached hydrogens (tertiary/aromatic N) is 1. The van der Waals surface area contributed by atoms with Crippen LogP contribution in [0.15, 0.2) is 0 Å². The summed E-state index contributed by atoms with van der Waals surface area (Å²) in [5.74, 6) is -0.452. The number of hydrogen-bond donors (Lipinski definition) is 0. The van der Waals surface area contributed by atoms with Gasteiger partial charge in [-0.3, -0.25) is 4.79 Å². The smallest absolute Gasteiger partial charge is 0.255 e. The van der Waals surface area contributed by atoms with Crippen LogP contribution in [0.4, 0.5) is 8.78 Å². The second-order valence-corrected chi connectivity index (χ2v) is 4.87. The molecule has 1 aliphatic heterocycles. The van der Waals surface area contributed by atoms with Crippen molar-refractivity contribution in [2.45, 2.75) is 32.3 Å². The second-order valence-electron chi connectivity index (χ2n) is 4.08. The van der Waals surface area contributed by atoms with E-state index in [0.717, 1.165) is 6.42 Å². The van der Waals surface area contributed by atoms with E-state index in [1.165, 1.54) is 4.90 Å². The van der Waals surface area contributed by atoms with Crippen molar-refractivity contribution in [3.8, 4) is 0 Å². The molecule has 0 aromatic rings. The Morgan fingerprint density at radius 2 is 2.29 bits per heavy atom. The summed E-state index contributed by atoms with van der Waals surface area (Å²) in [6.45, 7) is 2.32. The maximum atomic E-state index is 12.4. The SMILES string of the molecule is CCC1OCCC1C(=O)N(CCBr)CC(F)F. The molecule has 1 saturated heterocycles. The zero-order valence-corrected chi connectivity index (χ0v) is 11.5. The first-order valence-electron chi connectivity index (χ1n) is 5.84. The van der Waals surface area contributed by atoms with Gasteiger partial charge >= 0.3 is 0 Å². The molecule has 1 rings (SSSR count). The van der Waals surface area contributed by atoms with Crippen LogP contribution in [-0.2, 0) is 9.53 Å². The highest BCUT2D eigenvalue weighted by atomic mass is 79.9. The summed E-state index contributed by atoms with van der Waals surface area (Å²) in [6.07, 6.45) is -1.22. The predicted molar refractivity (Wildman–Crippen MR) is 64.5 cm³/mol. The highest BCUT2D eigenvalue weighted by molar-refractivity contribution is 9.09. The second kappa shape index (κ2) is 7.26. The van der Waals surface area contributed by atoms with Gasteiger partial charge in [0.25, 0.3) is 6.43 Å². The minimum atomic E-state index is -2.49. The van der Waals surface area contributed by atoms with E-state index in [9.17, 15) is 13.6 Å². The van der Waals surface area contributed by atoms with Gasteiger partial charge < -0.3 is 9.64 Å². The molecule has 6 heteroatoms. The zero-order chi connectivity index (χ0) is 12.8. The van der Waals surface area contributed by atoms with Crippen LogP contribution >= 0.6 is 15.9 Å². The molecular formula is C11H18BrF2NO2. The molecule has 0 saturated carbocycles. The number of rotatable bonds is 6. The first-order chi connectivity index (χ1) is 8.10. The average molecular weight is 314 g/mol. The number of carbonyl (C=O) groups excluding carboxylic acids is 1. The Hall–Kier alpha value is -0.230. The number of carbonyl (C=O) groups is 1. The summed E-state index contributed by atoms with van der Waals surface area (Å²) in [4.78, 5) is 13.4. The van der Waals surface area contributed by atoms with Crippen molar-refractivity contribution < 1.29 is 18.3 Å². The van der Waals surface area contributed by atoms with Gasteiger partial charge in [0, 0.05) is 18.5 Å². The Bertz CT molecular complexity index is 254. The summed E-state index contributed by atoms with van der Waals surface area (Å²) in [7, 11) is 0. The molecule has 0 bridgehead atoms. The molecule has 0 N–H and O–H groups in total. The number of halogens is 3. The standard InChI is InChI=1S/C11H18BrF2NO2/c1-2-9-8(3-6-17-9)11(16)15(5-4-12)7-10(13)14/h8-10H,2-7H2,1H3. The molecule has 0 aromatic heterocycles. The zero-order valence-electron chi connectivity index (χ0n) is 9.87. The lowest BCUT2D eigenvalue weighted by atomic mass is 9.98. The summed E-state index contributed by atoms with van der Waals surface area (Å²) in [6, 6.07) is 0. The Morgan fingerprint density at radius 3 is 2.82 bits per heavy atom. The fourth-order valence-corrected chi connectivity index (χ4v) is 2.56. The molecule has 0 spiro atoms. The van der Waals surface area contributed by atoms with E-state index in [1.807, 2.05) is 6.92 Å². The molecule has 2 unspecified atom stereocenters. The molecule has 0 aromatic carbocycles. The van der Waals surface area contributed by atoms with Crippen LogP contribution in [0, 0.1) is 5.92 Å². The normalized spacial score (nSPS) is 24.3. The van der Waals surface area contributed by atoms with Crippen molar-refractivity contribution in [2.75, 3.05) is 25.0 Å². The molecular weight excluding hydrogens is 296 g/mol. The van der Waals surface area contributed by atoms with E-state index in [0.29, 0.717) is 24.9 Å². The Labute approximate surface area is 109 Å². The van der Waals surface area contributed by atoms with Crippen molar-refractivity contribution in [1.82, 2.24) is 4.90 Å². The van der Waals surface area contributed by atoms with Gasteiger partial charge in [0.1, 0.15) is 0 Å². The van der Waals surface area contributed by atoms with Crippen LogP contribution in [0.3, 0.4) is 0 Å². The van der Waals surface area contributed by atoms with Gasteiger partial charge in [-0.1, -0.05) is 22.9 Å². The van der Waals surface area contributed by atoms with Gasteiger partial charge in [-0.15, -0.1) is 0 Å². The van der Waals surface area contributed by atoms with E-state index in [1.54, 1.807) is 0 Å². The molecule has 1 heterocycles. The molecule has 3 nitrogen and oxygen atoms in total. The predicted octanol–water partition coefficient (Wildman–Crippen LogP) is 2.29. The van der Waals surface area contributed by atoms with Crippen molar-refractivity contribution in [2.24, 2.45) is 5.92 Å². The van der Waals surface area contributed by atoms with Crippen molar-refractivity contribution in [3.63, 3.8) is 0 Å². The van der Waals surface area contributed by atoms with Gasteiger partial charge in [-0.25, -0.2) is 8.78 Å². The van der Waals surface area contributed by atoms with Gasteiger partial charge in [-0.2, -0.15) is 0 Å². The highest BCUT2D eigenvalue weighted by Gasteiger charge is 2.35. The van der Waals surface area contributed by atoms with E-state index in [2.05, 4.69) is 15.9 Å². The number of hydrogen-bond acceptors (Lipinski definition) is 2. The van der Waals surface area contributed by atoms with E-state index in [-0.39, 0.29) is 17.9 Å². The minimum Gasteiger partial charge on any atom is -0.377 e. The topological polar surface area (TPSA) is 29.5 Å². The van der Waals surface area contributed by atoms with Crippen LogP contribution in [0.5, 0.6) is 0 Å². The molecule has 1 aliphatic rings. The van der Waals surface area contributed by atoms with Crippen LogP contribution < -0.4 is 0 Å². The van der Waals surface area contributed by atoms with Crippen LogP contribution in [0.25, 0.3) is 0 Å². The maximum absolute atomic E-state index is 12.4. The first-order valence-corrected chi connectivity index (χ1v) is 6.96. The number of ether oxygens (including phenoxy) is 1. The third-order valence-corrected chi connectivity index (χ3v) is 3.31. The molecule has 1 fully saturated rings. The monoisotopic (exact) mass is 313 g/mol. The van der Waals surface area contributed by atoms with Crippen molar-refractivity contribution >= 4 is 21.8 Å². The van der Waals surface area contributed by atoms with Gasteiger partial charge in [0.05, 0.1) is 18.6 Å². The lowest BCUT2D eigenvalue weighted by Crippen LogP contribution is -2.42. The van der Waals surface area contributed by atoms with Gasteiger partial charge in [0.2, 0.25) is 5.91 Å².